The smallest absolute Gasteiger partial charge is 0.130 e. The molecule has 0 spiro atoms. The first-order valence-electron chi connectivity index (χ1n) is 6.12. The second-order valence-electron chi connectivity index (χ2n) is 4.22. The van der Waals surface area contributed by atoms with Crippen LogP contribution in [0.15, 0.2) is 29.6 Å². The quantitative estimate of drug-likeness (QED) is 0.515. The fourth-order valence-electron chi connectivity index (χ4n) is 1.90. The molecule has 2 rings (SSSR count). The van der Waals surface area contributed by atoms with Crippen molar-refractivity contribution in [3.8, 4) is 5.75 Å². The van der Waals surface area contributed by atoms with E-state index < -0.39 is 0 Å². The predicted octanol–water partition coefficient (Wildman–Crippen LogP) is 4.98. The summed E-state index contributed by atoms with van der Waals surface area (Å²) in [6.45, 7) is 2.25. The van der Waals surface area contributed by atoms with E-state index in [0.717, 1.165) is 5.75 Å². The van der Waals surface area contributed by atoms with Gasteiger partial charge in [0.1, 0.15) is 14.6 Å². The van der Waals surface area contributed by atoms with Crippen molar-refractivity contribution in [1.29, 1.82) is 0 Å². The summed E-state index contributed by atoms with van der Waals surface area (Å²) in [5, 5.41) is 1.47. The van der Waals surface area contributed by atoms with E-state index >= 15 is 0 Å². The SMILES string of the molecule is CCCCCCC1=Cc2ccccc2OP1. The number of unbranched alkanes of at least 4 members (excludes halogenated alkanes) is 3. The van der Waals surface area contributed by atoms with Crippen LogP contribution in [0.5, 0.6) is 5.75 Å². The Kier molecular flexibility index (Phi) is 4.42. The van der Waals surface area contributed by atoms with Crippen LogP contribution in [-0.2, 0) is 0 Å². The van der Waals surface area contributed by atoms with Gasteiger partial charge in [0, 0.05) is 5.56 Å². The van der Waals surface area contributed by atoms with Gasteiger partial charge in [0.15, 0.2) is 0 Å². The van der Waals surface area contributed by atoms with Crippen LogP contribution in [0.2, 0.25) is 0 Å². The lowest BCUT2D eigenvalue weighted by atomic mass is 10.1. The van der Waals surface area contributed by atoms with Gasteiger partial charge in [0.25, 0.3) is 0 Å². The minimum atomic E-state index is 0.533. The highest BCUT2D eigenvalue weighted by atomic mass is 31.1. The summed E-state index contributed by atoms with van der Waals surface area (Å²) in [7, 11) is 0.533. The molecular formula is C14H19OP. The summed E-state index contributed by atoms with van der Waals surface area (Å²) >= 11 is 0. The first-order chi connectivity index (χ1) is 7.90. The molecule has 1 nitrogen and oxygen atoms in total. The molecule has 1 aliphatic heterocycles. The summed E-state index contributed by atoms with van der Waals surface area (Å²) in [4.78, 5) is 0. The fraction of sp³-hybridized carbons (Fsp3) is 0.429. The van der Waals surface area contributed by atoms with Gasteiger partial charge in [-0.1, -0.05) is 44.4 Å². The first-order valence-corrected chi connectivity index (χ1v) is 7.03. The molecule has 1 heterocycles. The second-order valence-corrected chi connectivity index (χ2v) is 5.27. The molecule has 0 radical (unpaired) electrons. The molecule has 1 aromatic carbocycles. The third kappa shape index (κ3) is 3.09. The number of hydrogen-bond acceptors (Lipinski definition) is 1. The van der Waals surface area contributed by atoms with Crippen LogP contribution in [0.4, 0.5) is 0 Å². The van der Waals surface area contributed by atoms with Crippen molar-refractivity contribution in [1.82, 2.24) is 0 Å². The van der Waals surface area contributed by atoms with Gasteiger partial charge in [0.2, 0.25) is 0 Å². The van der Waals surface area contributed by atoms with Gasteiger partial charge in [-0.3, -0.25) is 0 Å². The normalized spacial score (nSPS) is 15.4. The van der Waals surface area contributed by atoms with E-state index in [1.807, 2.05) is 12.1 Å². The van der Waals surface area contributed by atoms with Crippen LogP contribution < -0.4 is 4.52 Å². The van der Waals surface area contributed by atoms with Crippen LogP contribution in [0.25, 0.3) is 6.08 Å². The van der Waals surface area contributed by atoms with E-state index in [9.17, 15) is 0 Å². The van der Waals surface area contributed by atoms with E-state index in [2.05, 4.69) is 25.1 Å². The second kappa shape index (κ2) is 6.06. The highest BCUT2D eigenvalue weighted by molar-refractivity contribution is 7.38. The molecular weight excluding hydrogens is 215 g/mol. The molecule has 0 N–H and O–H groups in total. The molecule has 1 aromatic rings. The molecule has 0 fully saturated rings. The van der Waals surface area contributed by atoms with Crippen molar-refractivity contribution in [2.24, 2.45) is 0 Å². The molecule has 16 heavy (non-hydrogen) atoms. The third-order valence-electron chi connectivity index (χ3n) is 2.84. The number of allylic oxidation sites excluding steroid dienone is 1. The average Bonchev–Trinajstić information content (AvgIpc) is 2.34. The van der Waals surface area contributed by atoms with Gasteiger partial charge < -0.3 is 4.52 Å². The topological polar surface area (TPSA) is 9.23 Å². The summed E-state index contributed by atoms with van der Waals surface area (Å²) in [5.41, 5.74) is 1.24. The van der Waals surface area contributed by atoms with E-state index in [1.165, 1.54) is 43.0 Å². The zero-order valence-electron chi connectivity index (χ0n) is 9.83. The molecule has 2 heteroatoms. The molecule has 0 saturated carbocycles. The van der Waals surface area contributed by atoms with Gasteiger partial charge in [-0.15, -0.1) is 0 Å². The van der Waals surface area contributed by atoms with E-state index in [1.54, 1.807) is 0 Å². The molecule has 0 saturated heterocycles. The molecule has 0 amide bonds. The Bertz CT molecular complexity index is 371. The van der Waals surface area contributed by atoms with Crippen molar-refractivity contribution < 1.29 is 4.52 Å². The zero-order chi connectivity index (χ0) is 11.2. The zero-order valence-corrected chi connectivity index (χ0v) is 10.8. The molecule has 0 aliphatic carbocycles. The number of rotatable bonds is 5. The van der Waals surface area contributed by atoms with E-state index in [-0.39, 0.29) is 0 Å². The predicted molar refractivity (Wildman–Crippen MR) is 72.1 cm³/mol. The third-order valence-corrected chi connectivity index (χ3v) is 3.82. The minimum Gasteiger partial charge on any atom is -0.472 e. The van der Waals surface area contributed by atoms with Crippen LogP contribution in [-0.4, -0.2) is 0 Å². The van der Waals surface area contributed by atoms with Crippen LogP contribution in [0.1, 0.15) is 44.6 Å². The number of benzene rings is 1. The molecule has 0 aromatic heterocycles. The van der Waals surface area contributed by atoms with Crippen LogP contribution in [0, 0.1) is 0 Å². The van der Waals surface area contributed by atoms with Gasteiger partial charge in [-0.25, -0.2) is 0 Å². The Morgan fingerprint density at radius 2 is 2.00 bits per heavy atom. The van der Waals surface area contributed by atoms with Gasteiger partial charge in [-0.05, 0) is 30.3 Å². The molecule has 1 unspecified atom stereocenters. The van der Waals surface area contributed by atoms with Crippen molar-refractivity contribution in [2.75, 3.05) is 0 Å². The molecule has 0 bridgehead atoms. The van der Waals surface area contributed by atoms with Crippen molar-refractivity contribution in [3.63, 3.8) is 0 Å². The van der Waals surface area contributed by atoms with Crippen molar-refractivity contribution >= 4 is 14.9 Å². The number of para-hydroxylation sites is 1. The maximum absolute atomic E-state index is 5.75. The Labute approximate surface area is 99.8 Å². The van der Waals surface area contributed by atoms with Crippen molar-refractivity contribution in [2.45, 2.75) is 39.0 Å². The summed E-state index contributed by atoms with van der Waals surface area (Å²) < 4.78 is 5.75. The fourth-order valence-corrected chi connectivity index (χ4v) is 2.82. The Morgan fingerprint density at radius 3 is 2.88 bits per heavy atom. The largest absolute Gasteiger partial charge is 0.472 e. The van der Waals surface area contributed by atoms with Gasteiger partial charge in [-0.2, -0.15) is 0 Å². The van der Waals surface area contributed by atoms with Crippen LogP contribution in [0.3, 0.4) is 0 Å². The lowest BCUT2D eigenvalue weighted by Crippen LogP contribution is -1.92. The summed E-state index contributed by atoms with van der Waals surface area (Å²) in [6, 6.07) is 8.28. The summed E-state index contributed by atoms with van der Waals surface area (Å²) in [6.07, 6.45) is 8.82. The number of fused-ring (bicyclic) bond motifs is 1. The lowest BCUT2D eigenvalue weighted by molar-refractivity contribution is 0.622. The first kappa shape index (κ1) is 11.7. The highest BCUT2D eigenvalue weighted by Gasteiger charge is 2.10. The number of hydrogen-bond donors (Lipinski definition) is 0. The standard InChI is InChI=1S/C14H19OP/c1-2-3-4-5-9-13-11-12-8-6-7-10-14(12)15-16-13/h6-8,10-11,16H,2-5,9H2,1H3. The maximum Gasteiger partial charge on any atom is 0.130 e. The van der Waals surface area contributed by atoms with Gasteiger partial charge >= 0.3 is 0 Å². The average molecular weight is 234 g/mol. The minimum absolute atomic E-state index is 0.533. The monoisotopic (exact) mass is 234 g/mol. The lowest BCUT2D eigenvalue weighted by Gasteiger charge is -2.17. The maximum atomic E-state index is 5.75. The van der Waals surface area contributed by atoms with Crippen molar-refractivity contribution in [3.05, 3.63) is 35.1 Å². The van der Waals surface area contributed by atoms with E-state index in [4.69, 9.17) is 4.52 Å². The molecule has 86 valence electrons. The Morgan fingerprint density at radius 1 is 1.12 bits per heavy atom. The molecule has 1 atom stereocenters. The van der Waals surface area contributed by atoms with E-state index in [0.29, 0.717) is 8.81 Å². The highest BCUT2D eigenvalue weighted by Crippen LogP contribution is 2.40. The summed E-state index contributed by atoms with van der Waals surface area (Å²) in [5.74, 6) is 1.04. The van der Waals surface area contributed by atoms with Crippen LogP contribution >= 0.6 is 8.81 Å². The van der Waals surface area contributed by atoms with Gasteiger partial charge in [0.05, 0.1) is 0 Å². The molecule has 1 aliphatic rings. The Hall–Kier alpha value is -0.810. The Balaban J connectivity index is 1.91.